The van der Waals surface area contributed by atoms with Gasteiger partial charge in [0, 0.05) is 5.69 Å². The summed E-state index contributed by atoms with van der Waals surface area (Å²) >= 11 is 17.8. The number of halogens is 3. The number of hydrogen-bond donors (Lipinski definition) is 2. The van der Waals surface area contributed by atoms with Gasteiger partial charge in [-0.1, -0.05) is 40.9 Å². The van der Waals surface area contributed by atoms with E-state index in [0.29, 0.717) is 21.4 Å². The molecule has 0 saturated heterocycles. The number of rotatable bonds is 2. The Balaban J connectivity index is 2.31. The van der Waals surface area contributed by atoms with Crippen LogP contribution in [0.25, 0.3) is 0 Å². The smallest absolute Gasteiger partial charge is 0.257 e. The van der Waals surface area contributed by atoms with Crippen LogP contribution in [0.2, 0.25) is 15.1 Å². The molecule has 0 atom stereocenters. The molecule has 0 unspecified atom stereocenters. The molecule has 0 spiro atoms. The molecule has 2 rings (SSSR count). The van der Waals surface area contributed by atoms with Crippen molar-refractivity contribution in [2.75, 3.05) is 11.1 Å². The van der Waals surface area contributed by atoms with Gasteiger partial charge in [-0.05, 0) is 30.3 Å². The van der Waals surface area contributed by atoms with E-state index in [4.69, 9.17) is 40.5 Å². The van der Waals surface area contributed by atoms with Crippen LogP contribution in [-0.4, -0.2) is 5.91 Å². The average Bonchev–Trinajstić information content (AvgIpc) is 2.38. The van der Waals surface area contributed by atoms with Crippen LogP contribution in [0.5, 0.6) is 0 Å². The van der Waals surface area contributed by atoms with Crippen molar-refractivity contribution in [3.63, 3.8) is 0 Å². The highest BCUT2D eigenvalue weighted by Crippen LogP contribution is 2.30. The maximum absolute atomic E-state index is 12.1. The number of amides is 1. The SMILES string of the molecule is Nc1ccc(Cl)c(C(=O)Nc2cccc(Cl)c2Cl)c1. The molecule has 0 aromatic heterocycles. The highest BCUT2D eigenvalue weighted by Gasteiger charge is 2.13. The van der Waals surface area contributed by atoms with Crippen molar-refractivity contribution < 1.29 is 4.79 Å². The molecule has 0 fully saturated rings. The number of nitrogens with one attached hydrogen (secondary N) is 1. The van der Waals surface area contributed by atoms with Crippen molar-refractivity contribution in [3.8, 4) is 0 Å². The van der Waals surface area contributed by atoms with E-state index in [-0.39, 0.29) is 10.6 Å². The maximum atomic E-state index is 12.1. The molecule has 2 aromatic carbocycles. The van der Waals surface area contributed by atoms with E-state index >= 15 is 0 Å². The third-order valence-electron chi connectivity index (χ3n) is 2.43. The van der Waals surface area contributed by atoms with E-state index in [0.717, 1.165) is 0 Å². The van der Waals surface area contributed by atoms with Gasteiger partial charge in [0.05, 0.1) is 26.3 Å². The molecule has 3 nitrogen and oxygen atoms in total. The fraction of sp³-hybridized carbons (Fsp3) is 0. The molecular formula is C13H9Cl3N2O. The summed E-state index contributed by atoms with van der Waals surface area (Å²) in [6.45, 7) is 0. The largest absolute Gasteiger partial charge is 0.399 e. The molecule has 0 aliphatic rings. The molecule has 6 heteroatoms. The van der Waals surface area contributed by atoms with E-state index in [9.17, 15) is 4.79 Å². The van der Waals surface area contributed by atoms with Gasteiger partial charge in [-0.25, -0.2) is 0 Å². The lowest BCUT2D eigenvalue weighted by Gasteiger charge is -2.09. The summed E-state index contributed by atoms with van der Waals surface area (Å²) in [5, 5.41) is 3.58. The molecule has 0 aliphatic carbocycles. The predicted molar refractivity (Wildman–Crippen MR) is 80.3 cm³/mol. The number of benzene rings is 2. The van der Waals surface area contributed by atoms with E-state index < -0.39 is 5.91 Å². The van der Waals surface area contributed by atoms with Crippen molar-refractivity contribution >= 4 is 52.1 Å². The standard InChI is InChI=1S/C13H9Cl3N2O/c14-9-5-4-7(17)6-8(9)13(19)18-11-3-1-2-10(15)12(11)16/h1-6H,17H2,(H,18,19). The van der Waals surface area contributed by atoms with E-state index in [1.807, 2.05) is 0 Å². The minimum absolute atomic E-state index is 0.276. The monoisotopic (exact) mass is 314 g/mol. The topological polar surface area (TPSA) is 55.1 Å². The van der Waals surface area contributed by atoms with Crippen molar-refractivity contribution in [3.05, 3.63) is 57.0 Å². The van der Waals surface area contributed by atoms with E-state index in [1.165, 1.54) is 6.07 Å². The quantitative estimate of drug-likeness (QED) is 0.803. The summed E-state index contributed by atoms with van der Waals surface area (Å²) < 4.78 is 0. The van der Waals surface area contributed by atoms with Crippen molar-refractivity contribution in [2.45, 2.75) is 0 Å². The second kappa shape index (κ2) is 5.70. The first-order valence-electron chi connectivity index (χ1n) is 5.29. The predicted octanol–water partition coefficient (Wildman–Crippen LogP) is 4.48. The molecule has 1 amide bonds. The Kier molecular flexibility index (Phi) is 4.20. The highest BCUT2D eigenvalue weighted by molar-refractivity contribution is 6.44. The number of nitrogens with two attached hydrogens (primary N) is 1. The van der Waals surface area contributed by atoms with Gasteiger partial charge in [-0.15, -0.1) is 0 Å². The van der Waals surface area contributed by atoms with Gasteiger partial charge in [-0.3, -0.25) is 4.79 Å². The van der Waals surface area contributed by atoms with Crippen LogP contribution in [0.1, 0.15) is 10.4 Å². The normalized spacial score (nSPS) is 10.3. The Labute approximate surface area is 125 Å². The Morgan fingerprint density at radius 1 is 1.05 bits per heavy atom. The van der Waals surface area contributed by atoms with Crippen molar-refractivity contribution in [2.24, 2.45) is 0 Å². The Bertz CT molecular complexity index is 644. The van der Waals surface area contributed by atoms with Crippen molar-refractivity contribution in [1.82, 2.24) is 0 Å². The number of carbonyl (C=O) groups excluding carboxylic acids is 1. The lowest BCUT2D eigenvalue weighted by molar-refractivity contribution is 0.102. The summed E-state index contributed by atoms with van der Waals surface area (Å²) in [5.74, 6) is -0.401. The summed E-state index contributed by atoms with van der Waals surface area (Å²) in [7, 11) is 0. The molecular weight excluding hydrogens is 307 g/mol. The summed E-state index contributed by atoms with van der Waals surface area (Å²) in [5.41, 5.74) is 6.77. The van der Waals surface area contributed by atoms with E-state index in [1.54, 1.807) is 30.3 Å². The molecule has 0 radical (unpaired) electrons. The molecule has 98 valence electrons. The van der Waals surface area contributed by atoms with Gasteiger partial charge < -0.3 is 11.1 Å². The Morgan fingerprint density at radius 2 is 1.79 bits per heavy atom. The van der Waals surface area contributed by atoms with Crippen LogP contribution in [0.4, 0.5) is 11.4 Å². The molecule has 0 aliphatic heterocycles. The van der Waals surface area contributed by atoms with Crippen LogP contribution < -0.4 is 11.1 Å². The molecule has 0 heterocycles. The third-order valence-corrected chi connectivity index (χ3v) is 3.58. The molecule has 0 bridgehead atoms. The molecule has 19 heavy (non-hydrogen) atoms. The summed E-state index contributed by atoms with van der Waals surface area (Å²) in [6, 6.07) is 9.64. The zero-order valence-corrected chi connectivity index (χ0v) is 11.9. The van der Waals surface area contributed by atoms with Crippen molar-refractivity contribution in [1.29, 1.82) is 0 Å². The second-order valence-corrected chi connectivity index (χ2v) is 4.99. The fourth-order valence-electron chi connectivity index (χ4n) is 1.51. The number of nitrogen functional groups attached to an aromatic ring is 1. The van der Waals surface area contributed by atoms with Gasteiger partial charge in [0.25, 0.3) is 5.91 Å². The van der Waals surface area contributed by atoms with Gasteiger partial charge >= 0.3 is 0 Å². The van der Waals surface area contributed by atoms with Gasteiger partial charge in [0.1, 0.15) is 0 Å². The first-order valence-corrected chi connectivity index (χ1v) is 6.43. The lowest BCUT2D eigenvalue weighted by Crippen LogP contribution is -2.13. The number of carbonyl (C=O) groups is 1. The Hall–Kier alpha value is -1.42. The number of anilines is 2. The minimum atomic E-state index is -0.401. The average molecular weight is 316 g/mol. The van der Waals surface area contributed by atoms with Crippen LogP contribution in [-0.2, 0) is 0 Å². The third kappa shape index (κ3) is 3.13. The van der Waals surface area contributed by atoms with Gasteiger partial charge in [0.15, 0.2) is 0 Å². The first-order chi connectivity index (χ1) is 8.99. The van der Waals surface area contributed by atoms with Crippen LogP contribution >= 0.6 is 34.8 Å². The highest BCUT2D eigenvalue weighted by atomic mass is 35.5. The van der Waals surface area contributed by atoms with Crippen LogP contribution in [0, 0.1) is 0 Å². The first kappa shape index (κ1) is 14.0. The maximum Gasteiger partial charge on any atom is 0.257 e. The van der Waals surface area contributed by atoms with Gasteiger partial charge in [0.2, 0.25) is 0 Å². The van der Waals surface area contributed by atoms with Gasteiger partial charge in [-0.2, -0.15) is 0 Å². The number of hydrogen-bond acceptors (Lipinski definition) is 2. The zero-order valence-electron chi connectivity index (χ0n) is 9.58. The molecule has 2 aromatic rings. The Morgan fingerprint density at radius 3 is 2.53 bits per heavy atom. The van der Waals surface area contributed by atoms with E-state index in [2.05, 4.69) is 5.32 Å². The summed E-state index contributed by atoms with van der Waals surface area (Å²) in [6.07, 6.45) is 0. The molecule has 0 saturated carbocycles. The zero-order chi connectivity index (χ0) is 14.0. The second-order valence-electron chi connectivity index (χ2n) is 3.79. The lowest BCUT2D eigenvalue weighted by atomic mass is 10.2. The molecule has 3 N–H and O–H groups in total. The summed E-state index contributed by atoms with van der Waals surface area (Å²) in [4.78, 5) is 12.1. The van der Waals surface area contributed by atoms with Crippen LogP contribution in [0.15, 0.2) is 36.4 Å². The minimum Gasteiger partial charge on any atom is -0.399 e. The van der Waals surface area contributed by atoms with Crippen LogP contribution in [0.3, 0.4) is 0 Å². The fourth-order valence-corrected chi connectivity index (χ4v) is 2.06.